The first kappa shape index (κ1) is 16.8. The zero-order valence-corrected chi connectivity index (χ0v) is 13.9. The maximum atomic E-state index is 12.0. The van der Waals surface area contributed by atoms with Crippen molar-refractivity contribution in [3.05, 3.63) is 52.5 Å². The molecule has 0 bridgehead atoms. The van der Waals surface area contributed by atoms with Gasteiger partial charge in [0, 0.05) is 10.2 Å². The molecule has 2 amide bonds. The quantitative estimate of drug-likeness (QED) is 0.807. The monoisotopic (exact) mass is 378 g/mol. The molecule has 3 N–H and O–H groups in total. The van der Waals surface area contributed by atoms with Crippen molar-refractivity contribution in [1.29, 1.82) is 0 Å². The highest BCUT2D eigenvalue weighted by molar-refractivity contribution is 9.10. The Kier molecular flexibility index (Phi) is 5.59. The van der Waals surface area contributed by atoms with E-state index >= 15 is 0 Å². The lowest BCUT2D eigenvalue weighted by Crippen LogP contribution is -2.22. The number of nitrogens with one attached hydrogen (secondary N) is 1. The molecule has 0 radical (unpaired) electrons. The maximum Gasteiger partial charge on any atom is 0.262 e. The highest BCUT2D eigenvalue weighted by atomic mass is 79.9. The molecule has 0 unspecified atom stereocenters. The van der Waals surface area contributed by atoms with E-state index in [1.54, 1.807) is 30.3 Å². The van der Waals surface area contributed by atoms with Crippen molar-refractivity contribution in [2.24, 2.45) is 5.73 Å². The summed E-state index contributed by atoms with van der Waals surface area (Å²) in [5, 5.41) is 2.69. The van der Waals surface area contributed by atoms with Crippen LogP contribution in [0.2, 0.25) is 0 Å². The highest BCUT2D eigenvalue weighted by Gasteiger charge is 2.16. The number of halogens is 1. The SMILES string of the molecule is COc1cccc(C(N)=O)c1OCC(=O)Nc1cccc(Br)c1. The minimum atomic E-state index is -0.661. The minimum absolute atomic E-state index is 0.145. The number of ether oxygens (including phenoxy) is 2. The lowest BCUT2D eigenvalue weighted by molar-refractivity contribution is -0.118. The van der Waals surface area contributed by atoms with Gasteiger partial charge in [-0.1, -0.05) is 28.1 Å². The van der Waals surface area contributed by atoms with Crippen molar-refractivity contribution in [2.45, 2.75) is 0 Å². The van der Waals surface area contributed by atoms with E-state index in [0.717, 1.165) is 4.47 Å². The van der Waals surface area contributed by atoms with Gasteiger partial charge in [-0.05, 0) is 30.3 Å². The molecule has 2 aromatic rings. The van der Waals surface area contributed by atoms with Crippen molar-refractivity contribution >= 4 is 33.4 Å². The van der Waals surface area contributed by atoms with Crippen LogP contribution in [0.3, 0.4) is 0 Å². The Balaban J connectivity index is 2.08. The number of carbonyl (C=O) groups excluding carboxylic acids is 2. The number of carbonyl (C=O) groups is 2. The molecule has 2 aromatic carbocycles. The third-order valence-electron chi connectivity index (χ3n) is 2.92. The van der Waals surface area contributed by atoms with Crippen molar-refractivity contribution in [1.82, 2.24) is 0 Å². The van der Waals surface area contributed by atoms with Crippen LogP contribution >= 0.6 is 15.9 Å². The summed E-state index contributed by atoms with van der Waals surface area (Å²) in [6.45, 7) is -0.285. The van der Waals surface area contributed by atoms with Crippen molar-refractivity contribution in [3.8, 4) is 11.5 Å². The molecule has 0 saturated heterocycles. The molecule has 2 rings (SSSR count). The molecule has 6 nitrogen and oxygen atoms in total. The first-order chi connectivity index (χ1) is 11.0. The number of para-hydroxylation sites is 1. The molecular weight excluding hydrogens is 364 g/mol. The van der Waals surface area contributed by atoms with Gasteiger partial charge in [0.2, 0.25) is 0 Å². The third kappa shape index (κ3) is 4.46. The standard InChI is InChI=1S/C16H15BrN2O4/c1-22-13-7-3-6-12(16(18)21)15(13)23-9-14(20)19-11-5-2-4-10(17)8-11/h2-8H,9H2,1H3,(H2,18,21)(H,19,20). The number of nitrogens with two attached hydrogens (primary N) is 1. The fraction of sp³-hybridized carbons (Fsp3) is 0.125. The second-order valence-electron chi connectivity index (χ2n) is 4.55. The molecule has 0 aromatic heterocycles. The second-order valence-corrected chi connectivity index (χ2v) is 5.46. The van der Waals surface area contributed by atoms with Gasteiger partial charge in [-0.3, -0.25) is 9.59 Å². The Morgan fingerprint density at radius 3 is 2.61 bits per heavy atom. The van der Waals surface area contributed by atoms with Crippen LogP contribution in [0.15, 0.2) is 46.9 Å². The van der Waals surface area contributed by atoms with Gasteiger partial charge in [-0.15, -0.1) is 0 Å². The Morgan fingerprint density at radius 2 is 1.96 bits per heavy atom. The molecule has 0 aliphatic carbocycles. The summed E-state index contributed by atoms with van der Waals surface area (Å²) >= 11 is 3.32. The summed E-state index contributed by atoms with van der Waals surface area (Å²) in [7, 11) is 1.44. The number of amides is 2. The maximum absolute atomic E-state index is 12.0. The van der Waals surface area contributed by atoms with Gasteiger partial charge < -0.3 is 20.5 Å². The van der Waals surface area contributed by atoms with E-state index in [4.69, 9.17) is 15.2 Å². The summed E-state index contributed by atoms with van der Waals surface area (Å²) in [4.78, 5) is 23.4. The number of primary amides is 1. The van der Waals surface area contributed by atoms with Gasteiger partial charge in [0.25, 0.3) is 11.8 Å². The van der Waals surface area contributed by atoms with Crippen molar-refractivity contribution in [2.75, 3.05) is 19.0 Å². The average molecular weight is 379 g/mol. The lowest BCUT2D eigenvalue weighted by Gasteiger charge is -2.13. The van der Waals surface area contributed by atoms with Crippen LogP contribution in [0.1, 0.15) is 10.4 Å². The van der Waals surface area contributed by atoms with Gasteiger partial charge in [0.1, 0.15) is 0 Å². The van der Waals surface area contributed by atoms with Crippen LogP contribution in [-0.2, 0) is 4.79 Å². The summed E-state index contributed by atoms with van der Waals surface area (Å²) in [6, 6.07) is 11.9. The summed E-state index contributed by atoms with van der Waals surface area (Å²) < 4.78 is 11.4. The number of rotatable bonds is 6. The Labute approximate surface area is 141 Å². The first-order valence-corrected chi connectivity index (χ1v) is 7.45. The molecule has 23 heavy (non-hydrogen) atoms. The van der Waals surface area contributed by atoms with E-state index < -0.39 is 5.91 Å². The normalized spacial score (nSPS) is 10.0. The second kappa shape index (κ2) is 7.64. The van der Waals surface area contributed by atoms with E-state index in [-0.39, 0.29) is 23.8 Å². The zero-order valence-electron chi connectivity index (χ0n) is 12.3. The molecule has 0 atom stereocenters. The number of anilines is 1. The molecule has 7 heteroatoms. The summed E-state index contributed by atoms with van der Waals surface area (Å²) in [5.74, 6) is -0.556. The zero-order chi connectivity index (χ0) is 16.8. The fourth-order valence-corrected chi connectivity index (χ4v) is 2.32. The van der Waals surface area contributed by atoms with Gasteiger partial charge in [0.05, 0.1) is 12.7 Å². The Hall–Kier alpha value is -2.54. The lowest BCUT2D eigenvalue weighted by atomic mass is 10.2. The van der Waals surface area contributed by atoms with E-state index in [1.807, 2.05) is 6.07 Å². The predicted molar refractivity (Wildman–Crippen MR) is 89.8 cm³/mol. The molecule has 0 spiro atoms. The number of hydrogen-bond acceptors (Lipinski definition) is 4. The number of methoxy groups -OCH3 is 1. The van der Waals surface area contributed by atoms with Crippen LogP contribution in [0, 0.1) is 0 Å². The van der Waals surface area contributed by atoms with Crippen LogP contribution in [-0.4, -0.2) is 25.5 Å². The molecule has 0 aliphatic rings. The molecule has 120 valence electrons. The topological polar surface area (TPSA) is 90.7 Å². The van der Waals surface area contributed by atoms with Crippen LogP contribution < -0.4 is 20.5 Å². The predicted octanol–water partition coefficient (Wildman–Crippen LogP) is 2.57. The van der Waals surface area contributed by atoms with E-state index in [0.29, 0.717) is 11.4 Å². The van der Waals surface area contributed by atoms with Crippen LogP contribution in [0.25, 0.3) is 0 Å². The molecular formula is C16H15BrN2O4. The largest absolute Gasteiger partial charge is 0.493 e. The van der Waals surface area contributed by atoms with Crippen LogP contribution in [0.5, 0.6) is 11.5 Å². The molecule has 0 heterocycles. The van der Waals surface area contributed by atoms with Gasteiger partial charge in [-0.25, -0.2) is 0 Å². The number of hydrogen-bond donors (Lipinski definition) is 2. The molecule has 0 saturated carbocycles. The minimum Gasteiger partial charge on any atom is -0.493 e. The Morgan fingerprint density at radius 1 is 1.22 bits per heavy atom. The molecule has 0 fully saturated rings. The highest BCUT2D eigenvalue weighted by Crippen LogP contribution is 2.30. The van der Waals surface area contributed by atoms with Crippen molar-refractivity contribution in [3.63, 3.8) is 0 Å². The van der Waals surface area contributed by atoms with Crippen LogP contribution in [0.4, 0.5) is 5.69 Å². The summed E-state index contributed by atoms with van der Waals surface area (Å²) in [6.07, 6.45) is 0. The third-order valence-corrected chi connectivity index (χ3v) is 3.41. The summed E-state index contributed by atoms with van der Waals surface area (Å²) in [5.41, 5.74) is 6.08. The Bertz CT molecular complexity index is 734. The van der Waals surface area contributed by atoms with Gasteiger partial charge >= 0.3 is 0 Å². The van der Waals surface area contributed by atoms with E-state index in [9.17, 15) is 9.59 Å². The van der Waals surface area contributed by atoms with E-state index in [1.165, 1.54) is 13.2 Å². The van der Waals surface area contributed by atoms with Gasteiger partial charge in [-0.2, -0.15) is 0 Å². The van der Waals surface area contributed by atoms with Gasteiger partial charge in [0.15, 0.2) is 18.1 Å². The number of benzene rings is 2. The average Bonchev–Trinajstić information content (AvgIpc) is 2.52. The smallest absolute Gasteiger partial charge is 0.262 e. The fourth-order valence-electron chi connectivity index (χ4n) is 1.92. The van der Waals surface area contributed by atoms with E-state index in [2.05, 4.69) is 21.2 Å². The molecule has 0 aliphatic heterocycles. The first-order valence-electron chi connectivity index (χ1n) is 6.66. The van der Waals surface area contributed by atoms with Crippen molar-refractivity contribution < 1.29 is 19.1 Å².